The lowest BCUT2D eigenvalue weighted by Crippen LogP contribution is -2.33. The lowest BCUT2D eigenvalue weighted by Gasteiger charge is -2.30. The van der Waals surface area contributed by atoms with Crippen LogP contribution >= 0.6 is 0 Å². The highest BCUT2D eigenvalue weighted by Crippen LogP contribution is 2.29. The summed E-state index contributed by atoms with van der Waals surface area (Å²) < 4.78 is 0. The molecule has 138 valence electrons. The third kappa shape index (κ3) is 4.21. The van der Waals surface area contributed by atoms with Crippen LogP contribution in [-0.2, 0) is 5.41 Å². The van der Waals surface area contributed by atoms with Crippen LogP contribution < -0.4 is 10.2 Å². The molecule has 0 spiro atoms. The van der Waals surface area contributed by atoms with Crippen LogP contribution in [0.5, 0.6) is 0 Å². The van der Waals surface area contributed by atoms with Crippen molar-refractivity contribution in [3.63, 3.8) is 0 Å². The van der Waals surface area contributed by atoms with E-state index >= 15 is 0 Å². The number of hydrogen-bond donors (Lipinski definition) is 1. The van der Waals surface area contributed by atoms with Crippen molar-refractivity contribution in [3.8, 4) is 0 Å². The number of para-hydroxylation sites is 1. The smallest absolute Gasteiger partial charge is 0.275 e. The number of carbonyl (C=O) groups is 1. The molecule has 0 bridgehead atoms. The van der Waals surface area contributed by atoms with Crippen molar-refractivity contribution in [2.24, 2.45) is 5.92 Å². The third-order valence-corrected chi connectivity index (χ3v) is 4.96. The zero-order valence-corrected chi connectivity index (χ0v) is 16.1. The third-order valence-electron chi connectivity index (χ3n) is 4.96. The highest BCUT2D eigenvalue weighted by molar-refractivity contribution is 6.03. The molecule has 3 rings (SSSR count). The number of aromatic nitrogens is 2. The van der Waals surface area contributed by atoms with E-state index < -0.39 is 0 Å². The molecule has 2 heterocycles. The summed E-state index contributed by atoms with van der Waals surface area (Å²) in [6.45, 7) is 10.7. The van der Waals surface area contributed by atoms with Crippen molar-refractivity contribution in [1.82, 2.24) is 9.97 Å². The summed E-state index contributed by atoms with van der Waals surface area (Å²) in [5.74, 6) is 1.39. The van der Waals surface area contributed by atoms with Crippen LogP contribution in [0.1, 0.15) is 56.6 Å². The first-order valence-corrected chi connectivity index (χ1v) is 9.32. The summed E-state index contributed by atoms with van der Waals surface area (Å²) in [5.41, 5.74) is 2.20. The van der Waals surface area contributed by atoms with Gasteiger partial charge in [-0.25, -0.2) is 9.97 Å². The topological polar surface area (TPSA) is 58.1 Å². The molecule has 0 radical (unpaired) electrons. The average Bonchev–Trinajstić information content (AvgIpc) is 2.62. The van der Waals surface area contributed by atoms with Crippen LogP contribution in [0.2, 0.25) is 0 Å². The Morgan fingerprint density at radius 2 is 1.81 bits per heavy atom. The number of carbonyl (C=O) groups excluding carboxylic acids is 1. The van der Waals surface area contributed by atoms with E-state index in [0.29, 0.717) is 5.69 Å². The van der Waals surface area contributed by atoms with E-state index in [0.717, 1.165) is 36.1 Å². The summed E-state index contributed by atoms with van der Waals surface area (Å²) in [5, 5.41) is 2.98. The number of benzene rings is 1. The number of anilines is 2. The van der Waals surface area contributed by atoms with Crippen molar-refractivity contribution >= 4 is 17.4 Å². The predicted molar refractivity (Wildman–Crippen MR) is 106 cm³/mol. The molecule has 5 nitrogen and oxygen atoms in total. The Morgan fingerprint density at radius 3 is 2.42 bits per heavy atom. The molecule has 1 amide bonds. The second-order valence-electron chi connectivity index (χ2n) is 8.18. The van der Waals surface area contributed by atoms with Crippen LogP contribution in [0, 0.1) is 5.92 Å². The van der Waals surface area contributed by atoms with Gasteiger partial charge in [0.15, 0.2) is 0 Å². The number of rotatable bonds is 3. The predicted octanol–water partition coefficient (Wildman–Crippen LogP) is 4.26. The normalized spacial score (nSPS) is 15.8. The Hall–Kier alpha value is -2.43. The molecule has 0 aliphatic carbocycles. The maximum absolute atomic E-state index is 12.6. The number of piperidine rings is 1. The molecule has 1 aromatic heterocycles. The fourth-order valence-corrected chi connectivity index (χ4v) is 3.27. The largest absolute Gasteiger partial charge is 0.355 e. The first-order valence-electron chi connectivity index (χ1n) is 9.32. The van der Waals surface area contributed by atoms with Crippen molar-refractivity contribution in [2.45, 2.75) is 46.0 Å². The first-order chi connectivity index (χ1) is 12.3. The SMILES string of the molecule is CC1CCN(c2cnc(C(=O)Nc3ccccc3C(C)(C)C)cn2)CC1. The Bertz CT molecular complexity index is 756. The molecule has 2 aromatic rings. The summed E-state index contributed by atoms with van der Waals surface area (Å²) in [6, 6.07) is 7.89. The van der Waals surface area contributed by atoms with Crippen LogP contribution in [0.4, 0.5) is 11.5 Å². The molecule has 1 aromatic carbocycles. The summed E-state index contributed by atoms with van der Waals surface area (Å²) in [7, 11) is 0. The fourth-order valence-electron chi connectivity index (χ4n) is 3.27. The van der Waals surface area contributed by atoms with Crippen LogP contribution in [-0.4, -0.2) is 29.0 Å². The minimum absolute atomic E-state index is 0.0508. The van der Waals surface area contributed by atoms with E-state index in [1.54, 1.807) is 12.4 Å². The van der Waals surface area contributed by atoms with E-state index in [9.17, 15) is 4.79 Å². The van der Waals surface area contributed by atoms with Crippen LogP contribution in [0.25, 0.3) is 0 Å². The van der Waals surface area contributed by atoms with E-state index in [-0.39, 0.29) is 11.3 Å². The second kappa shape index (κ2) is 7.44. The molecule has 0 atom stereocenters. The maximum Gasteiger partial charge on any atom is 0.275 e. The van der Waals surface area contributed by atoms with Gasteiger partial charge < -0.3 is 10.2 Å². The molecule has 1 aliphatic rings. The minimum atomic E-state index is -0.229. The first kappa shape index (κ1) is 18.4. The van der Waals surface area contributed by atoms with Gasteiger partial charge in [-0.1, -0.05) is 45.9 Å². The number of nitrogens with zero attached hydrogens (tertiary/aromatic N) is 3. The van der Waals surface area contributed by atoms with Crippen molar-refractivity contribution in [1.29, 1.82) is 0 Å². The highest BCUT2D eigenvalue weighted by atomic mass is 16.1. The van der Waals surface area contributed by atoms with Gasteiger partial charge in [-0.05, 0) is 35.8 Å². The van der Waals surface area contributed by atoms with E-state index in [1.165, 1.54) is 12.8 Å². The van der Waals surface area contributed by atoms with Gasteiger partial charge in [-0.3, -0.25) is 4.79 Å². The summed E-state index contributed by atoms with van der Waals surface area (Å²) in [6.07, 6.45) is 5.63. The lowest BCUT2D eigenvalue weighted by atomic mass is 9.86. The van der Waals surface area contributed by atoms with E-state index in [4.69, 9.17) is 0 Å². The molecule has 1 saturated heterocycles. The van der Waals surface area contributed by atoms with Crippen LogP contribution in [0.15, 0.2) is 36.7 Å². The van der Waals surface area contributed by atoms with Crippen molar-refractivity contribution < 1.29 is 4.79 Å². The van der Waals surface area contributed by atoms with Crippen molar-refractivity contribution in [3.05, 3.63) is 47.9 Å². The van der Waals surface area contributed by atoms with Gasteiger partial charge in [0, 0.05) is 18.8 Å². The Balaban J connectivity index is 1.71. The van der Waals surface area contributed by atoms with Gasteiger partial charge in [-0.2, -0.15) is 0 Å². The quantitative estimate of drug-likeness (QED) is 0.896. The monoisotopic (exact) mass is 352 g/mol. The van der Waals surface area contributed by atoms with Gasteiger partial charge in [0.2, 0.25) is 0 Å². The van der Waals surface area contributed by atoms with Gasteiger partial charge in [0.05, 0.1) is 12.4 Å². The standard InChI is InChI=1S/C21H28N4O/c1-15-9-11-25(12-10-15)19-14-22-18(13-23-19)20(26)24-17-8-6-5-7-16(17)21(2,3)4/h5-8,13-15H,9-12H2,1-4H3,(H,24,26). The van der Waals surface area contributed by atoms with Gasteiger partial charge in [0.1, 0.15) is 11.5 Å². The minimum Gasteiger partial charge on any atom is -0.355 e. The van der Waals surface area contributed by atoms with Crippen LogP contribution in [0.3, 0.4) is 0 Å². The molecule has 5 heteroatoms. The van der Waals surface area contributed by atoms with Crippen molar-refractivity contribution in [2.75, 3.05) is 23.3 Å². The highest BCUT2D eigenvalue weighted by Gasteiger charge is 2.20. The van der Waals surface area contributed by atoms with E-state index in [1.807, 2.05) is 24.3 Å². The average molecular weight is 352 g/mol. The fraction of sp³-hybridized carbons (Fsp3) is 0.476. The molecule has 26 heavy (non-hydrogen) atoms. The molecule has 1 aliphatic heterocycles. The molecular weight excluding hydrogens is 324 g/mol. The zero-order valence-electron chi connectivity index (χ0n) is 16.1. The Labute approximate surface area is 155 Å². The summed E-state index contributed by atoms with van der Waals surface area (Å²) >= 11 is 0. The van der Waals surface area contributed by atoms with E-state index in [2.05, 4.69) is 47.9 Å². The van der Waals surface area contributed by atoms with Gasteiger partial charge in [0.25, 0.3) is 5.91 Å². The molecule has 1 fully saturated rings. The number of amides is 1. The number of nitrogens with one attached hydrogen (secondary N) is 1. The maximum atomic E-state index is 12.6. The molecule has 1 N–H and O–H groups in total. The Kier molecular flexibility index (Phi) is 5.25. The van der Waals surface area contributed by atoms with Gasteiger partial charge in [-0.15, -0.1) is 0 Å². The molecular formula is C21H28N4O. The Morgan fingerprint density at radius 1 is 1.12 bits per heavy atom. The van der Waals surface area contributed by atoms with Gasteiger partial charge >= 0.3 is 0 Å². The second-order valence-corrected chi connectivity index (χ2v) is 8.18. The lowest BCUT2D eigenvalue weighted by molar-refractivity contribution is 0.102. The zero-order chi connectivity index (χ0) is 18.7. The molecule has 0 saturated carbocycles. The molecule has 0 unspecified atom stereocenters. The number of hydrogen-bond acceptors (Lipinski definition) is 4. The summed E-state index contributed by atoms with van der Waals surface area (Å²) in [4.78, 5) is 23.6.